The molecule has 0 saturated heterocycles. The molecule has 0 aliphatic carbocycles. The van der Waals surface area contributed by atoms with Crippen LogP contribution >= 0.6 is 0 Å². The van der Waals surface area contributed by atoms with Crippen molar-refractivity contribution >= 4 is 5.69 Å². The fourth-order valence-corrected chi connectivity index (χ4v) is 2.07. The van der Waals surface area contributed by atoms with Crippen molar-refractivity contribution in [3.05, 3.63) is 47.5 Å². The number of hydrogen-bond donors (Lipinski definition) is 1. The second-order valence-electron chi connectivity index (χ2n) is 4.57. The summed E-state index contributed by atoms with van der Waals surface area (Å²) >= 11 is 0. The molecule has 4 nitrogen and oxygen atoms in total. The standard InChI is InChI=1S/C15H19N3O/c1-10-9-13(19-4)5-6-14(10)18-12(3)15-11(2)16-7-8-17-15/h5-9,12,18H,1-4H3. The summed E-state index contributed by atoms with van der Waals surface area (Å²) < 4.78 is 5.21. The number of hydrogen-bond acceptors (Lipinski definition) is 4. The summed E-state index contributed by atoms with van der Waals surface area (Å²) in [4.78, 5) is 8.66. The Morgan fingerprint density at radius 1 is 1.16 bits per heavy atom. The Kier molecular flexibility index (Phi) is 4.00. The predicted molar refractivity (Wildman–Crippen MR) is 76.5 cm³/mol. The molecule has 100 valence electrons. The highest BCUT2D eigenvalue weighted by Gasteiger charge is 2.11. The van der Waals surface area contributed by atoms with Crippen LogP contribution in [0.25, 0.3) is 0 Å². The number of benzene rings is 1. The van der Waals surface area contributed by atoms with Gasteiger partial charge in [-0.3, -0.25) is 9.97 Å². The molecule has 0 aliphatic rings. The largest absolute Gasteiger partial charge is 0.497 e. The van der Waals surface area contributed by atoms with Gasteiger partial charge in [-0.2, -0.15) is 0 Å². The Morgan fingerprint density at radius 3 is 2.53 bits per heavy atom. The summed E-state index contributed by atoms with van der Waals surface area (Å²) in [6.45, 7) is 6.11. The third-order valence-electron chi connectivity index (χ3n) is 3.13. The molecular formula is C15H19N3O. The van der Waals surface area contributed by atoms with Crippen molar-refractivity contribution in [2.75, 3.05) is 12.4 Å². The van der Waals surface area contributed by atoms with Crippen molar-refractivity contribution in [2.24, 2.45) is 0 Å². The molecule has 1 heterocycles. The van der Waals surface area contributed by atoms with Crippen LogP contribution in [0.4, 0.5) is 5.69 Å². The van der Waals surface area contributed by atoms with Gasteiger partial charge in [-0.1, -0.05) is 0 Å². The Morgan fingerprint density at radius 2 is 1.89 bits per heavy atom. The van der Waals surface area contributed by atoms with Gasteiger partial charge < -0.3 is 10.1 Å². The van der Waals surface area contributed by atoms with Crippen molar-refractivity contribution < 1.29 is 4.74 Å². The number of anilines is 1. The molecule has 1 aromatic heterocycles. The van der Waals surface area contributed by atoms with Crippen LogP contribution in [0.5, 0.6) is 5.75 Å². The number of aryl methyl sites for hydroxylation is 2. The van der Waals surface area contributed by atoms with E-state index in [4.69, 9.17) is 4.74 Å². The zero-order valence-electron chi connectivity index (χ0n) is 11.8. The monoisotopic (exact) mass is 257 g/mol. The molecule has 1 N–H and O–H groups in total. The highest BCUT2D eigenvalue weighted by atomic mass is 16.5. The highest BCUT2D eigenvalue weighted by molar-refractivity contribution is 5.54. The molecule has 1 atom stereocenters. The van der Waals surface area contributed by atoms with E-state index in [0.717, 1.165) is 28.4 Å². The fraction of sp³-hybridized carbons (Fsp3) is 0.333. The maximum absolute atomic E-state index is 5.21. The minimum Gasteiger partial charge on any atom is -0.497 e. The molecule has 2 aromatic rings. The van der Waals surface area contributed by atoms with Gasteiger partial charge in [0.15, 0.2) is 0 Å². The third kappa shape index (κ3) is 3.02. The summed E-state index contributed by atoms with van der Waals surface area (Å²) in [6.07, 6.45) is 3.44. The number of nitrogens with one attached hydrogen (secondary N) is 1. The zero-order valence-corrected chi connectivity index (χ0v) is 11.8. The van der Waals surface area contributed by atoms with E-state index in [1.54, 1.807) is 19.5 Å². The van der Waals surface area contributed by atoms with Crippen molar-refractivity contribution in [1.29, 1.82) is 0 Å². The molecule has 0 fully saturated rings. The highest BCUT2D eigenvalue weighted by Crippen LogP contribution is 2.25. The molecule has 0 bridgehead atoms. The van der Waals surface area contributed by atoms with Crippen LogP contribution in [-0.2, 0) is 0 Å². The van der Waals surface area contributed by atoms with Crippen LogP contribution in [-0.4, -0.2) is 17.1 Å². The smallest absolute Gasteiger partial charge is 0.119 e. The van der Waals surface area contributed by atoms with Gasteiger partial charge in [0.1, 0.15) is 5.75 Å². The van der Waals surface area contributed by atoms with E-state index in [9.17, 15) is 0 Å². The second-order valence-corrected chi connectivity index (χ2v) is 4.57. The van der Waals surface area contributed by atoms with Crippen LogP contribution in [0.3, 0.4) is 0 Å². The van der Waals surface area contributed by atoms with Crippen molar-refractivity contribution in [3.63, 3.8) is 0 Å². The van der Waals surface area contributed by atoms with Crippen LogP contribution in [0.2, 0.25) is 0 Å². The van der Waals surface area contributed by atoms with E-state index in [0.29, 0.717) is 0 Å². The quantitative estimate of drug-likeness (QED) is 0.913. The lowest BCUT2D eigenvalue weighted by atomic mass is 10.1. The van der Waals surface area contributed by atoms with Gasteiger partial charge in [-0.15, -0.1) is 0 Å². The topological polar surface area (TPSA) is 47.0 Å². The number of nitrogens with zero attached hydrogens (tertiary/aromatic N) is 2. The van der Waals surface area contributed by atoms with Crippen LogP contribution in [0.15, 0.2) is 30.6 Å². The van der Waals surface area contributed by atoms with E-state index in [-0.39, 0.29) is 6.04 Å². The van der Waals surface area contributed by atoms with Crippen molar-refractivity contribution in [3.8, 4) is 5.75 Å². The number of methoxy groups -OCH3 is 1. The lowest BCUT2D eigenvalue weighted by molar-refractivity contribution is 0.414. The number of rotatable bonds is 4. The SMILES string of the molecule is COc1ccc(NC(C)c2nccnc2C)c(C)c1. The Bertz CT molecular complexity index is 569. The molecule has 0 radical (unpaired) electrons. The van der Waals surface area contributed by atoms with Gasteiger partial charge >= 0.3 is 0 Å². The molecule has 19 heavy (non-hydrogen) atoms. The first-order valence-corrected chi connectivity index (χ1v) is 6.30. The van der Waals surface area contributed by atoms with Crippen molar-refractivity contribution in [2.45, 2.75) is 26.8 Å². The molecule has 4 heteroatoms. The lowest BCUT2D eigenvalue weighted by Gasteiger charge is -2.18. The van der Waals surface area contributed by atoms with E-state index >= 15 is 0 Å². The zero-order chi connectivity index (χ0) is 13.8. The Hall–Kier alpha value is -2.10. The van der Waals surface area contributed by atoms with Gasteiger partial charge in [0.25, 0.3) is 0 Å². The average Bonchev–Trinajstić information content (AvgIpc) is 2.41. The van der Waals surface area contributed by atoms with E-state index in [1.165, 1.54) is 0 Å². The summed E-state index contributed by atoms with van der Waals surface area (Å²) in [6, 6.07) is 6.10. The maximum Gasteiger partial charge on any atom is 0.119 e. The molecule has 0 spiro atoms. The predicted octanol–water partition coefficient (Wildman–Crippen LogP) is 3.28. The minimum atomic E-state index is 0.112. The minimum absolute atomic E-state index is 0.112. The molecule has 1 aromatic carbocycles. The summed E-state index contributed by atoms with van der Waals surface area (Å²) in [5.41, 5.74) is 4.15. The number of aromatic nitrogens is 2. The van der Waals surface area contributed by atoms with Crippen LogP contribution in [0.1, 0.15) is 29.9 Å². The van der Waals surface area contributed by atoms with Gasteiger partial charge in [-0.05, 0) is 44.5 Å². The second kappa shape index (κ2) is 5.69. The van der Waals surface area contributed by atoms with Gasteiger partial charge in [-0.25, -0.2) is 0 Å². The average molecular weight is 257 g/mol. The van der Waals surface area contributed by atoms with Crippen molar-refractivity contribution in [1.82, 2.24) is 9.97 Å². The normalized spacial score (nSPS) is 12.0. The summed E-state index contributed by atoms with van der Waals surface area (Å²) in [5.74, 6) is 0.867. The maximum atomic E-state index is 5.21. The molecule has 2 rings (SSSR count). The molecule has 0 aliphatic heterocycles. The Labute approximate surface area is 113 Å². The van der Waals surface area contributed by atoms with E-state index < -0.39 is 0 Å². The van der Waals surface area contributed by atoms with Crippen LogP contribution in [0, 0.1) is 13.8 Å². The lowest BCUT2D eigenvalue weighted by Crippen LogP contribution is -2.11. The molecule has 0 amide bonds. The first-order valence-electron chi connectivity index (χ1n) is 6.30. The molecule has 1 unspecified atom stereocenters. The van der Waals surface area contributed by atoms with E-state index in [2.05, 4.69) is 29.1 Å². The summed E-state index contributed by atoms with van der Waals surface area (Å²) in [7, 11) is 1.67. The number of ether oxygens (including phenoxy) is 1. The fourth-order valence-electron chi connectivity index (χ4n) is 2.07. The molecular weight excluding hydrogens is 238 g/mol. The van der Waals surface area contributed by atoms with Gasteiger partial charge in [0, 0.05) is 18.1 Å². The van der Waals surface area contributed by atoms with E-state index in [1.807, 2.05) is 25.1 Å². The van der Waals surface area contributed by atoms with Gasteiger partial charge in [0.05, 0.1) is 24.5 Å². The first-order chi connectivity index (χ1) is 9.11. The van der Waals surface area contributed by atoms with Gasteiger partial charge in [0.2, 0.25) is 0 Å². The molecule has 0 saturated carbocycles. The van der Waals surface area contributed by atoms with Crippen LogP contribution < -0.4 is 10.1 Å². The first kappa shape index (κ1) is 13.3. The summed E-state index contributed by atoms with van der Waals surface area (Å²) in [5, 5.41) is 3.46. The Balaban J connectivity index is 2.19. The third-order valence-corrected chi connectivity index (χ3v) is 3.13.